The van der Waals surface area contributed by atoms with E-state index in [1.807, 2.05) is 41.8 Å². The molecule has 26 heavy (non-hydrogen) atoms. The molecule has 1 aromatic carbocycles. The molecular formula is C21H32N2O3. The van der Waals surface area contributed by atoms with Crippen LogP contribution >= 0.6 is 0 Å². The van der Waals surface area contributed by atoms with E-state index in [-0.39, 0.29) is 23.1 Å². The molecule has 5 nitrogen and oxygen atoms in total. The van der Waals surface area contributed by atoms with E-state index in [1.165, 1.54) is 0 Å². The number of hydrogen-bond donors (Lipinski definition) is 0. The van der Waals surface area contributed by atoms with E-state index in [9.17, 15) is 9.59 Å². The molecule has 0 saturated carbocycles. The number of ether oxygens (including phenoxy) is 1. The minimum atomic E-state index is -0.0411. The lowest BCUT2D eigenvalue weighted by molar-refractivity contribution is -0.134. The van der Waals surface area contributed by atoms with Crippen LogP contribution in [0.3, 0.4) is 0 Å². The fourth-order valence-electron chi connectivity index (χ4n) is 3.22. The number of nitrogens with zero attached hydrogens (tertiary/aromatic N) is 2. The molecule has 144 valence electrons. The topological polar surface area (TPSA) is 49.9 Å². The molecule has 0 bridgehead atoms. The van der Waals surface area contributed by atoms with E-state index in [4.69, 9.17) is 4.74 Å². The van der Waals surface area contributed by atoms with Gasteiger partial charge in [-0.3, -0.25) is 9.59 Å². The highest BCUT2D eigenvalue weighted by Gasteiger charge is 2.26. The number of benzene rings is 1. The zero-order valence-corrected chi connectivity index (χ0v) is 17.0. The molecule has 1 heterocycles. The van der Waals surface area contributed by atoms with Gasteiger partial charge >= 0.3 is 0 Å². The maximum atomic E-state index is 13.2. The van der Waals surface area contributed by atoms with Crippen molar-refractivity contribution in [2.75, 3.05) is 33.3 Å². The summed E-state index contributed by atoms with van der Waals surface area (Å²) in [5.41, 5.74) is 1.66. The Bertz CT molecular complexity index is 662. The minimum Gasteiger partial charge on any atom is -0.496 e. The van der Waals surface area contributed by atoms with Crippen molar-refractivity contribution in [3.63, 3.8) is 0 Å². The molecule has 2 amide bonds. The molecule has 0 aliphatic carbocycles. The van der Waals surface area contributed by atoms with Crippen molar-refractivity contribution in [3.8, 4) is 5.75 Å². The number of amides is 2. The van der Waals surface area contributed by atoms with Crippen molar-refractivity contribution in [1.82, 2.24) is 9.80 Å². The first kappa shape index (κ1) is 20.3. The minimum absolute atomic E-state index is 0.0131. The van der Waals surface area contributed by atoms with Crippen LogP contribution in [-0.2, 0) is 10.2 Å². The van der Waals surface area contributed by atoms with Crippen LogP contribution in [0.4, 0.5) is 0 Å². The lowest BCUT2D eigenvalue weighted by Crippen LogP contribution is -2.39. The molecule has 1 fully saturated rings. The number of methoxy groups -OCH3 is 1. The molecule has 2 rings (SSSR count). The maximum absolute atomic E-state index is 13.2. The van der Waals surface area contributed by atoms with Crippen LogP contribution in [0.5, 0.6) is 5.75 Å². The van der Waals surface area contributed by atoms with Gasteiger partial charge in [-0.25, -0.2) is 0 Å². The lowest BCUT2D eigenvalue weighted by atomic mass is 9.86. The Morgan fingerprint density at radius 1 is 1.04 bits per heavy atom. The molecule has 0 unspecified atom stereocenters. The average molecular weight is 360 g/mol. The summed E-state index contributed by atoms with van der Waals surface area (Å²) in [6, 6.07) is 5.84. The van der Waals surface area contributed by atoms with Crippen LogP contribution < -0.4 is 4.74 Å². The molecule has 1 aliphatic heterocycles. The van der Waals surface area contributed by atoms with Crippen molar-refractivity contribution in [2.24, 2.45) is 5.92 Å². The second-order valence-electron chi connectivity index (χ2n) is 8.29. The summed E-state index contributed by atoms with van der Waals surface area (Å²) in [6.07, 6.45) is 0.797. The zero-order chi connectivity index (χ0) is 19.5. The molecule has 1 aliphatic rings. The predicted octanol–water partition coefficient (Wildman–Crippen LogP) is 3.32. The number of hydrogen-bond acceptors (Lipinski definition) is 3. The second kappa shape index (κ2) is 8.11. The molecule has 1 aromatic rings. The van der Waals surface area contributed by atoms with E-state index >= 15 is 0 Å². The highest BCUT2D eigenvalue weighted by atomic mass is 16.5. The summed E-state index contributed by atoms with van der Waals surface area (Å²) in [6.45, 7) is 12.7. The quantitative estimate of drug-likeness (QED) is 0.831. The highest BCUT2D eigenvalue weighted by molar-refractivity contribution is 5.97. The van der Waals surface area contributed by atoms with Gasteiger partial charge < -0.3 is 14.5 Å². The first-order valence-corrected chi connectivity index (χ1v) is 9.41. The van der Waals surface area contributed by atoms with Gasteiger partial charge in [0.15, 0.2) is 0 Å². The van der Waals surface area contributed by atoms with Crippen molar-refractivity contribution >= 4 is 11.8 Å². The van der Waals surface area contributed by atoms with Crippen molar-refractivity contribution in [1.29, 1.82) is 0 Å². The molecule has 0 atom stereocenters. The van der Waals surface area contributed by atoms with Crippen LogP contribution in [0.1, 0.15) is 57.0 Å². The Morgan fingerprint density at radius 3 is 2.23 bits per heavy atom. The molecule has 0 spiro atoms. The van der Waals surface area contributed by atoms with Crippen LogP contribution in [0.2, 0.25) is 0 Å². The Morgan fingerprint density at radius 2 is 1.65 bits per heavy atom. The van der Waals surface area contributed by atoms with Gasteiger partial charge in [-0.2, -0.15) is 0 Å². The van der Waals surface area contributed by atoms with E-state index < -0.39 is 0 Å². The normalized spacial score (nSPS) is 15.8. The first-order valence-electron chi connectivity index (χ1n) is 9.41. The Kier molecular flexibility index (Phi) is 6.32. The largest absolute Gasteiger partial charge is 0.496 e. The Hall–Kier alpha value is -2.04. The fourth-order valence-corrected chi connectivity index (χ4v) is 3.22. The summed E-state index contributed by atoms with van der Waals surface area (Å²) < 4.78 is 5.43. The van der Waals surface area contributed by atoms with Gasteiger partial charge in [-0.05, 0) is 29.5 Å². The number of carbonyl (C=O) groups is 2. The third-order valence-electron chi connectivity index (χ3n) is 4.88. The fraction of sp³-hybridized carbons (Fsp3) is 0.619. The number of rotatable bonds is 3. The van der Waals surface area contributed by atoms with Crippen molar-refractivity contribution in [3.05, 3.63) is 29.3 Å². The molecule has 0 aromatic heterocycles. The van der Waals surface area contributed by atoms with Gasteiger partial charge in [0.05, 0.1) is 12.7 Å². The van der Waals surface area contributed by atoms with Crippen LogP contribution in [0.15, 0.2) is 18.2 Å². The predicted molar refractivity (Wildman–Crippen MR) is 104 cm³/mol. The van der Waals surface area contributed by atoms with Crippen molar-refractivity contribution in [2.45, 2.75) is 46.5 Å². The molecule has 5 heteroatoms. The van der Waals surface area contributed by atoms with E-state index in [1.54, 1.807) is 7.11 Å². The number of carbonyl (C=O) groups excluding carboxylic acids is 2. The third-order valence-corrected chi connectivity index (χ3v) is 4.88. The Balaban J connectivity index is 2.22. The summed E-state index contributed by atoms with van der Waals surface area (Å²) >= 11 is 0. The van der Waals surface area contributed by atoms with Gasteiger partial charge in [0.2, 0.25) is 5.91 Å². The van der Waals surface area contributed by atoms with Gasteiger partial charge in [0.1, 0.15) is 5.75 Å². The molecule has 0 N–H and O–H groups in total. The third kappa shape index (κ3) is 4.57. The van der Waals surface area contributed by atoms with E-state index in [0.717, 1.165) is 12.0 Å². The van der Waals surface area contributed by atoms with Crippen LogP contribution in [-0.4, -0.2) is 54.9 Å². The van der Waals surface area contributed by atoms with Gasteiger partial charge in [-0.15, -0.1) is 0 Å². The monoisotopic (exact) mass is 360 g/mol. The summed E-state index contributed by atoms with van der Waals surface area (Å²) in [7, 11) is 1.59. The first-order chi connectivity index (χ1) is 12.1. The van der Waals surface area contributed by atoms with Crippen LogP contribution in [0.25, 0.3) is 0 Å². The molecular weight excluding hydrogens is 328 g/mol. The molecule has 0 radical (unpaired) electrons. The smallest absolute Gasteiger partial charge is 0.257 e. The van der Waals surface area contributed by atoms with Crippen LogP contribution in [0, 0.1) is 5.92 Å². The lowest BCUT2D eigenvalue weighted by Gasteiger charge is -2.25. The van der Waals surface area contributed by atoms with Gasteiger partial charge in [0, 0.05) is 32.1 Å². The van der Waals surface area contributed by atoms with E-state index in [2.05, 4.69) is 20.8 Å². The highest BCUT2D eigenvalue weighted by Crippen LogP contribution is 2.29. The SMILES string of the molecule is COc1ccc(C(C)(C)C)cc1C(=O)N1CCCN(C(=O)C(C)C)CC1. The Labute approximate surface area is 157 Å². The molecule has 1 saturated heterocycles. The summed E-state index contributed by atoms with van der Waals surface area (Å²) in [5.74, 6) is 0.724. The van der Waals surface area contributed by atoms with Crippen molar-refractivity contribution < 1.29 is 14.3 Å². The average Bonchev–Trinajstić information content (AvgIpc) is 2.85. The van der Waals surface area contributed by atoms with E-state index in [0.29, 0.717) is 37.5 Å². The standard InChI is InChI=1S/C21H32N2O3/c1-15(2)19(24)22-10-7-11-23(13-12-22)20(25)17-14-16(21(3,4)5)8-9-18(17)26-6/h8-9,14-15H,7,10-13H2,1-6H3. The second-order valence-corrected chi connectivity index (χ2v) is 8.29. The van der Waals surface area contributed by atoms with Gasteiger partial charge in [0.25, 0.3) is 5.91 Å². The summed E-state index contributed by atoms with van der Waals surface area (Å²) in [4.78, 5) is 29.1. The maximum Gasteiger partial charge on any atom is 0.257 e. The zero-order valence-electron chi connectivity index (χ0n) is 17.0. The van der Waals surface area contributed by atoms with Gasteiger partial charge in [-0.1, -0.05) is 40.7 Å². The summed E-state index contributed by atoms with van der Waals surface area (Å²) in [5, 5.41) is 0.